The standard InChI is InChI=1S/C16H28O5/c1-3-5-7-9-11-20-15(18)13-14(17)16(19)21-12-10-8-6-4-2/h3-13H2,1-2H3. The summed E-state index contributed by atoms with van der Waals surface area (Å²) in [6, 6.07) is 0. The molecule has 0 N–H and O–H groups in total. The van der Waals surface area contributed by atoms with Crippen LogP contribution in [0.2, 0.25) is 0 Å². The molecular weight excluding hydrogens is 272 g/mol. The van der Waals surface area contributed by atoms with Gasteiger partial charge in [0.25, 0.3) is 5.78 Å². The van der Waals surface area contributed by atoms with Gasteiger partial charge >= 0.3 is 11.9 Å². The Morgan fingerprint density at radius 3 is 1.76 bits per heavy atom. The van der Waals surface area contributed by atoms with E-state index in [1.807, 2.05) is 0 Å². The first-order valence-corrected chi connectivity index (χ1v) is 7.97. The first-order chi connectivity index (χ1) is 10.1. The van der Waals surface area contributed by atoms with E-state index in [1.165, 1.54) is 0 Å². The zero-order chi connectivity index (χ0) is 15.9. The Bertz CT molecular complexity index is 312. The second-order valence-corrected chi connectivity index (χ2v) is 5.08. The fourth-order valence-corrected chi connectivity index (χ4v) is 1.74. The first-order valence-electron chi connectivity index (χ1n) is 7.97. The van der Waals surface area contributed by atoms with Gasteiger partial charge in [0.1, 0.15) is 6.42 Å². The van der Waals surface area contributed by atoms with Gasteiger partial charge in [0.05, 0.1) is 13.2 Å². The van der Waals surface area contributed by atoms with E-state index in [0.717, 1.165) is 51.4 Å². The highest BCUT2D eigenvalue weighted by atomic mass is 16.5. The average molecular weight is 300 g/mol. The predicted molar refractivity (Wildman–Crippen MR) is 79.8 cm³/mol. The van der Waals surface area contributed by atoms with Gasteiger partial charge in [-0.2, -0.15) is 0 Å². The van der Waals surface area contributed by atoms with Gasteiger partial charge in [-0.25, -0.2) is 4.79 Å². The summed E-state index contributed by atoms with van der Waals surface area (Å²) in [5, 5.41) is 0. The Morgan fingerprint density at radius 1 is 0.714 bits per heavy atom. The lowest BCUT2D eigenvalue weighted by molar-refractivity contribution is -0.158. The highest BCUT2D eigenvalue weighted by molar-refractivity contribution is 6.36. The average Bonchev–Trinajstić information content (AvgIpc) is 2.46. The second kappa shape index (κ2) is 13.6. The Hall–Kier alpha value is -1.39. The maximum Gasteiger partial charge on any atom is 0.375 e. The van der Waals surface area contributed by atoms with E-state index in [9.17, 15) is 14.4 Å². The molecule has 0 unspecified atom stereocenters. The topological polar surface area (TPSA) is 69.7 Å². The van der Waals surface area contributed by atoms with E-state index in [0.29, 0.717) is 6.61 Å². The van der Waals surface area contributed by atoms with Crippen LogP contribution in [0, 0.1) is 0 Å². The summed E-state index contributed by atoms with van der Waals surface area (Å²) in [4.78, 5) is 34.1. The molecule has 0 aromatic rings. The van der Waals surface area contributed by atoms with Crippen molar-refractivity contribution in [2.24, 2.45) is 0 Å². The second-order valence-electron chi connectivity index (χ2n) is 5.08. The maximum atomic E-state index is 11.4. The minimum atomic E-state index is -0.936. The number of hydrogen-bond donors (Lipinski definition) is 0. The highest BCUT2D eigenvalue weighted by Crippen LogP contribution is 2.02. The van der Waals surface area contributed by atoms with Gasteiger partial charge in [-0.1, -0.05) is 52.4 Å². The third-order valence-corrected chi connectivity index (χ3v) is 3.02. The molecule has 0 aromatic carbocycles. The SMILES string of the molecule is CCCCCCOC(=O)CC(=O)C(=O)OCCCCCC. The number of esters is 2. The van der Waals surface area contributed by atoms with Crippen LogP contribution >= 0.6 is 0 Å². The lowest BCUT2D eigenvalue weighted by atomic mass is 10.2. The lowest BCUT2D eigenvalue weighted by Crippen LogP contribution is -2.22. The number of carbonyl (C=O) groups is 3. The molecule has 0 aliphatic rings. The minimum absolute atomic E-state index is 0.233. The summed E-state index contributed by atoms with van der Waals surface area (Å²) in [7, 11) is 0. The van der Waals surface area contributed by atoms with Crippen molar-refractivity contribution in [3.63, 3.8) is 0 Å². The number of ketones is 1. The molecule has 0 bridgehead atoms. The van der Waals surface area contributed by atoms with Crippen LogP contribution in [0.15, 0.2) is 0 Å². The number of carbonyl (C=O) groups excluding carboxylic acids is 3. The van der Waals surface area contributed by atoms with Crippen molar-refractivity contribution >= 4 is 17.7 Å². The zero-order valence-electron chi connectivity index (χ0n) is 13.3. The van der Waals surface area contributed by atoms with Crippen LogP contribution in [0.3, 0.4) is 0 Å². The summed E-state index contributed by atoms with van der Waals surface area (Å²) in [6.07, 6.45) is 7.35. The summed E-state index contributed by atoms with van der Waals surface area (Å²) >= 11 is 0. The quantitative estimate of drug-likeness (QED) is 0.226. The van der Waals surface area contributed by atoms with Gasteiger partial charge in [-0.3, -0.25) is 9.59 Å². The fourth-order valence-electron chi connectivity index (χ4n) is 1.74. The number of hydrogen-bond acceptors (Lipinski definition) is 5. The molecule has 5 nitrogen and oxygen atoms in total. The van der Waals surface area contributed by atoms with E-state index in [2.05, 4.69) is 13.8 Å². The molecule has 0 saturated carbocycles. The van der Waals surface area contributed by atoms with Crippen molar-refractivity contribution in [3.05, 3.63) is 0 Å². The third-order valence-electron chi connectivity index (χ3n) is 3.02. The van der Waals surface area contributed by atoms with Crippen molar-refractivity contribution in [2.45, 2.75) is 71.6 Å². The molecule has 0 atom stereocenters. The summed E-state index contributed by atoms with van der Waals surface area (Å²) in [5.74, 6) is -2.42. The molecule has 5 heteroatoms. The minimum Gasteiger partial charge on any atom is -0.465 e. The molecule has 0 aromatic heterocycles. The molecule has 0 radical (unpaired) electrons. The van der Waals surface area contributed by atoms with Crippen molar-refractivity contribution in [2.75, 3.05) is 13.2 Å². The highest BCUT2D eigenvalue weighted by Gasteiger charge is 2.20. The molecule has 21 heavy (non-hydrogen) atoms. The fraction of sp³-hybridized carbons (Fsp3) is 0.812. The zero-order valence-corrected chi connectivity index (χ0v) is 13.3. The largest absolute Gasteiger partial charge is 0.465 e. The number of rotatable bonds is 13. The molecule has 0 saturated heterocycles. The van der Waals surface area contributed by atoms with Crippen molar-refractivity contribution < 1.29 is 23.9 Å². The van der Waals surface area contributed by atoms with Crippen LogP contribution in [0.25, 0.3) is 0 Å². The Labute approximate surface area is 127 Å². The van der Waals surface area contributed by atoms with Crippen molar-refractivity contribution in [1.82, 2.24) is 0 Å². The molecule has 0 aliphatic carbocycles. The van der Waals surface area contributed by atoms with E-state index < -0.39 is 24.1 Å². The van der Waals surface area contributed by atoms with Crippen LogP contribution in [0.4, 0.5) is 0 Å². The van der Waals surface area contributed by atoms with Crippen LogP contribution < -0.4 is 0 Å². The molecule has 0 amide bonds. The Morgan fingerprint density at radius 2 is 1.24 bits per heavy atom. The Kier molecular flexibility index (Phi) is 12.7. The van der Waals surface area contributed by atoms with E-state index in [-0.39, 0.29) is 6.61 Å². The molecule has 0 heterocycles. The van der Waals surface area contributed by atoms with Crippen molar-refractivity contribution in [1.29, 1.82) is 0 Å². The van der Waals surface area contributed by atoms with E-state index >= 15 is 0 Å². The van der Waals surface area contributed by atoms with Gasteiger partial charge in [-0.15, -0.1) is 0 Å². The normalized spacial score (nSPS) is 10.2. The first kappa shape index (κ1) is 19.6. The molecule has 0 aliphatic heterocycles. The van der Waals surface area contributed by atoms with Gasteiger partial charge in [0, 0.05) is 0 Å². The van der Waals surface area contributed by atoms with E-state index in [1.54, 1.807) is 0 Å². The van der Waals surface area contributed by atoms with Crippen LogP contribution in [0.5, 0.6) is 0 Å². The predicted octanol–water partition coefficient (Wildman–Crippen LogP) is 3.19. The Balaban J connectivity index is 3.65. The molecule has 0 spiro atoms. The number of Topliss-reactive ketones (excluding diaryl/α,β-unsaturated/α-hetero) is 1. The summed E-state index contributed by atoms with van der Waals surface area (Å²) in [5.41, 5.74) is 0. The summed E-state index contributed by atoms with van der Waals surface area (Å²) in [6.45, 7) is 4.72. The number of unbranched alkanes of at least 4 members (excludes halogenated alkanes) is 6. The summed E-state index contributed by atoms with van der Waals surface area (Å²) < 4.78 is 9.71. The molecule has 0 rings (SSSR count). The monoisotopic (exact) mass is 300 g/mol. The van der Waals surface area contributed by atoms with Crippen molar-refractivity contribution in [3.8, 4) is 0 Å². The van der Waals surface area contributed by atoms with Gasteiger partial charge in [-0.05, 0) is 12.8 Å². The molecular formula is C16H28O5. The third kappa shape index (κ3) is 12.1. The van der Waals surface area contributed by atoms with Gasteiger partial charge < -0.3 is 9.47 Å². The van der Waals surface area contributed by atoms with Crippen LogP contribution in [-0.2, 0) is 23.9 Å². The van der Waals surface area contributed by atoms with Gasteiger partial charge in [0.2, 0.25) is 0 Å². The molecule has 0 fully saturated rings. The smallest absolute Gasteiger partial charge is 0.375 e. The molecule has 122 valence electrons. The van der Waals surface area contributed by atoms with Crippen LogP contribution in [0.1, 0.15) is 71.6 Å². The number of ether oxygens (including phenoxy) is 2. The maximum absolute atomic E-state index is 11.4. The lowest BCUT2D eigenvalue weighted by Gasteiger charge is -2.05. The van der Waals surface area contributed by atoms with Gasteiger partial charge in [0.15, 0.2) is 0 Å². The van der Waals surface area contributed by atoms with E-state index in [4.69, 9.17) is 9.47 Å². The van der Waals surface area contributed by atoms with Crippen LogP contribution in [-0.4, -0.2) is 30.9 Å².